The number of thioether (sulfide) groups is 1. The molecule has 2 rings (SSSR count). The Kier molecular flexibility index (Phi) is 5.15. The summed E-state index contributed by atoms with van der Waals surface area (Å²) in [5, 5.41) is 4.10. The van der Waals surface area contributed by atoms with Crippen LogP contribution in [0.5, 0.6) is 0 Å². The zero-order valence-corrected chi connectivity index (χ0v) is 12.5. The highest BCUT2D eigenvalue weighted by Crippen LogP contribution is 2.21. The molecule has 1 aromatic rings. The van der Waals surface area contributed by atoms with E-state index >= 15 is 0 Å². The van der Waals surface area contributed by atoms with E-state index in [0.717, 1.165) is 36.4 Å². The average Bonchev–Trinajstić information content (AvgIpc) is 2.67. The third-order valence-electron chi connectivity index (χ3n) is 3.34. The van der Waals surface area contributed by atoms with E-state index in [4.69, 9.17) is 4.42 Å². The summed E-state index contributed by atoms with van der Waals surface area (Å²) in [5.74, 6) is 3.41. The van der Waals surface area contributed by atoms with Crippen molar-refractivity contribution in [1.82, 2.24) is 10.2 Å². The molecule has 102 valence electrons. The number of furan rings is 1. The highest BCUT2D eigenvalue weighted by atomic mass is 32.2. The fraction of sp³-hybridized carbons (Fsp3) is 0.714. The Balaban J connectivity index is 1.92. The third kappa shape index (κ3) is 3.77. The van der Waals surface area contributed by atoms with Gasteiger partial charge in [-0.2, -0.15) is 11.8 Å². The predicted molar refractivity (Wildman–Crippen MR) is 78.0 cm³/mol. The molecular formula is C14H24N2OS. The molecule has 18 heavy (non-hydrogen) atoms. The zero-order valence-electron chi connectivity index (χ0n) is 11.7. The molecule has 1 unspecified atom stereocenters. The average molecular weight is 268 g/mol. The lowest BCUT2D eigenvalue weighted by Gasteiger charge is -2.29. The van der Waals surface area contributed by atoms with Gasteiger partial charge in [-0.3, -0.25) is 4.90 Å². The van der Waals surface area contributed by atoms with E-state index in [2.05, 4.69) is 48.8 Å². The topological polar surface area (TPSA) is 28.4 Å². The molecule has 1 aromatic heterocycles. The summed E-state index contributed by atoms with van der Waals surface area (Å²) in [6.07, 6.45) is 0. The van der Waals surface area contributed by atoms with Gasteiger partial charge in [0.05, 0.1) is 6.54 Å². The molecule has 1 aliphatic rings. The molecule has 0 amide bonds. The minimum Gasteiger partial charge on any atom is -0.465 e. The first-order valence-electron chi connectivity index (χ1n) is 6.82. The van der Waals surface area contributed by atoms with Crippen molar-refractivity contribution in [2.24, 2.45) is 0 Å². The van der Waals surface area contributed by atoms with Crippen LogP contribution in [0.1, 0.15) is 30.9 Å². The summed E-state index contributed by atoms with van der Waals surface area (Å²) in [5.41, 5.74) is 1.30. The van der Waals surface area contributed by atoms with Crippen LogP contribution in [0.4, 0.5) is 0 Å². The van der Waals surface area contributed by atoms with Crippen LogP contribution in [0.3, 0.4) is 0 Å². The Bertz CT molecular complexity index is 378. The van der Waals surface area contributed by atoms with Gasteiger partial charge in [-0.15, -0.1) is 0 Å². The zero-order chi connectivity index (χ0) is 13.0. The molecule has 1 atom stereocenters. The van der Waals surface area contributed by atoms with E-state index in [9.17, 15) is 0 Å². The first kappa shape index (κ1) is 14.0. The number of nitrogens with zero attached hydrogens (tertiary/aromatic N) is 1. The molecule has 1 fully saturated rings. The molecule has 2 heterocycles. The van der Waals surface area contributed by atoms with Crippen molar-refractivity contribution in [3.8, 4) is 0 Å². The summed E-state index contributed by atoms with van der Waals surface area (Å²) >= 11 is 2.07. The van der Waals surface area contributed by atoms with E-state index in [1.54, 1.807) is 0 Å². The predicted octanol–water partition coefficient (Wildman–Crippen LogP) is 2.63. The lowest BCUT2D eigenvalue weighted by molar-refractivity contribution is 0.253. The number of hydrogen-bond acceptors (Lipinski definition) is 4. The fourth-order valence-electron chi connectivity index (χ4n) is 2.36. The standard InChI is InChI=1S/C14H24N2OS/c1-4-15-8-13-7-14(17-12(13)3)10-16-5-6-18-11(2)9-16/h7,11,15H,4-6,8-10H2,1-3H3. The SMILES string of the molecule is CCNCc1cc(CN2CCSC(C)C2)oc1C. The molecule has 1 saturated heterocycles. The van der Waals surface area contributed by atoms with Gasteiger partial charge < -0.3 is 9.73 Å². The molecule has 4 heteroatoms. The Morgan fingerprint density at radius 1 is 1.56 bits per heavy atom. The molecule has 0 saturated carbocycles. The van der Waals surface area contributed by atoms with Gasteiger partial charge in [0.1, 0.15) is 11.5 Å². The van der Waals surface area contributed by atoms with Crippen LogP contribution in [0.15, 0.2) is 10.5 Å². The number of hydrogen-bond donors (Lipinski definition) is 1. The van der Waals surface area contributed by atoms with Crippen molar-refractivity contribution >= 4 is 11.8 Å². The highest BCUT2D eigenvalue weighted by Gasteiger charge is 2.18. The van der Waals surface area contributed by atoms with Crippen molar-refractivity contribution in [3.63, 3.8) is 0 Å². The quantitative estimate of drug-likeness (QED) is 0.888. The highest BCUT2D eigenvalue weighted by molar-refractivity contribution is 7.99. The van der Waals surface area contributed by atoms with Crippen molar-refractivity contribution in [2.75, 3.05) is 25.4 Å². The van der Waals surface area contributed by atoms with Crippen molar-refractivity contribution in [2.45, 2.75) is 39.1 Å². The second kappa shape index (κ2) is 6.64. The van der Waals surface area contributed by atoms with E-state index in [0.29, 0.717) is 0 Å². The van der Waals surface area contributed by atoms with Crippen LogP contribution in [0, 0.1) is 6.92 Å². The van der Waals surface area contributed by atoms with Crippen LogP contribution in [0.25, 0.3) is 0 Å². The number of aryl methyl sites for hydroxylation is 1. The van der Waals surface area contributed by atoms with Crippen LogP contribution >= 0.6 is 11.8 Å². The van der Waals surface area contributed by atoms with Crippen LogP contribution < -0.4 is 5.32 Å². The lowest BCUT2D eigenvalue weighted by atomic mass is 10.2. The molecule has 0 aromatic carbocycles. The molecule has 1 aliphatic heterocycles. The molecule has 3 nitrogen and oxygen atoms in total. The number of nitrogens with one attached hydrogen (secondary N) is 1. The van der Waals surface area contributed by atoms with Gasteiger partial charge >= 0.3 is 0 Å². The minimum atomic E-state index is 0.746. The van der Waals surface area contributed by atoms with Gasteiger partial charge in [-0.1, -0.05) is 13.8 Å². The second-order valence-electron chi connectivity index (χ2n) is 4.99. The fourth-order valence-corrected chi connectivity index (χ4v) is 3.44. The van der Waals surface area contributed by atoms with Gasteiger partial charge in [0, 0.05) is 36.2 Å². The van der Waals surface area contributed by atoms with Crippen molar-refractivity contribution in [3.05, 3.63) is 23.2 Å². The molecule has 0 spiro atoms. The largest absolute Gasteiger partial charge is 0.465 e. The molecular weight excluding hydrogens is 244 g/mol. The van der Waals surface area contributed by atoms with Crippen molar-refractivity contribution in [1.29, 1.82) is 0 Å². The summed E-state index contributed by atoms with van der Waals surface area (Å²) in [6, 6.07) is 2.21. The minimum absolute atomic E-state index is 0.746. The van der Waals surface area contributed by atoms with Gasteiger partial charge in [-0.25, -0.2) is 0 Å². The maximum atomic E-state index is 5.86. The summed E-state index contributed by atoms with van der Waals surface area (Å²) in [7, 11) is 0. The Morgan fingerprint density at radius 2 is 2.39 bits per heavy atom. The molecule has 0 radical (unpaired) electrons. The Morgan fingerprint density at radius 3 is 3.11 bits per heavy atom. The monoisotopic (exact) mass is 268 g/mol. The van der Waals surface area contributed by atoms with Crippen LogP contribution in [-0.4, -0.2) is 35.5 Å². The summed E-state index contributed by atoms with van der Waals surface area (Å²) in [6.45, 7) is 11.7. The van der Waals surface area contributed by atoms with E-state index in [1.165, 1.54) is 24.4 Å². The Hall–Kier alpha value is -0.450. The van der Waals surface area contributed by atoms with Crippen LogP contribution in [0.2, 0.25) is 0 Å². The van der Waals surface area contributed by atoms with Gasteiger partial charge in [-0.05, 0) is 19.5 Å². The van der Waals surface area contributed by atoms with Gasteiger partial charge in [0.25, 0.3) is 0 Å². The molecule has 0 aliphatic carbocycles. The lowest BCUT2D eigenvalue weighted by Crippen LogP contribution is -2.35. The van der Waals surface area contributed by atoms with Gasteiger partial charge in [0.2, 0.25) is 0 Å². The van der Waals surface area contributed by atoms with Crippen molar-refractivity contribution < 1.29 is 4.42 Å². The van der Waals surface area contributed by atoms with E-state index < -0.39 is 0 Å². The maximum Gasteiger partial charge on any atom is 0.118 e. The maximum absolute atomic E-state index is 5.86. The number of rotatable bonds is 5. The van der Waals surface area contributed by atoms with E-state index in [-0.39, 0.29) is 0 Å². The second-order valence-corrected chi connectivity index (χ2v) is 6.54. The third-order valence-corrected chi connectivity index (χ3v) is 4.48. The first-order valence-corrected chi connectivity index (χ1v) is 7.86. The molecule has 1 N–H and O–H groups in total. The van der Waals surface area contributed by atoms with Crippen LogP contribution in [-0.2, 0) is 13.1 Å². The first-order chi connectivity index (χ1) is 8.69. The van der Waals surface area contributed by atoms with Gasteiger partial charge in [0.15, 0.2) is 0 Å². The Labute approximate surface area is 114 Å². The normalized spacial score (nSPS) is 21.4. The molecule has 0 bridgehead atoms. The smallest absolute Gasteiger partial charge is 0.118 e. The van der Waals surface area contributed by atoms with E-state index in [1.807, 2.05) is 0 Å². The summed E-state index contributed by atoms with van der Waals surface area (Å²) in [4.78, 5) is 2.50. The summed E-state index contributed by atoms with van der Waals surface area (Å²) < 4.78 is 5.86.